The largest absolute Gasteiger partial charge is 0.454 e. The predicted molar refractivity (Wildman–Crippen MR) is 163 cm³/mol. The van der Waals surface area contributed by atoms with E-state index in [0.29, 0.717) is 35.7 Å². The summed E-state index contributed by atoms with van der Waals surface area (Å²) in [4.78, 5) is 28.9. The van der Waals surface area contributed by atoms with E-state index in [1.165, 1.54) is 21.3 Å². The van der Waals surface area contributed by atoms with Crippen LogP contribution in [0.3, 0.4) is 0 Å². The van der Waals surface area contributed by atoms with E-state index in [4.69, 9.17) is 9.47 Å². The molecule has 1 N–H and O–H groups in total. The highest BCUT2D eigenvalue weighted by Crippen LogP contribution is 2.36. The van der Waals surface area contributed by atoms with Gasteiger partial charge in [0.2, 0.25) is 28.6 Å². The van der Waals surface area contributed by atoms with Crippen LogP contribution in [0.5, 0.6) is 11.5 Å². The molecule has 0 saturated heterocycles. The first kappa shape index (κ1) is 31.8. The number of unbranched alkanes of at least 4 members (excludes halogenated alkanes) is 1. The Bertz CT molecular complexity index is 1480. The lowest BCUT2D eigenvalue weighted by molar-refractivity contribution is -0.141. The Labute approximate surface area is 252 Å². The van der Waals surface area contributed by atoms with Crippen LogP contribution in [0.4, 0.5) is 10.1 Å². The van der Waals surface area contributed by atoms with Crippen LogP contribution in [-0.4, -0.2) is 57.3 Å². The molecule has 3 aromatic carbocycles. The average Bonchev–Trinajstić information content (AvgIpc) is 3.46. The van der Waals surface area contributed by atoms with Crippen LogP contribution in [-0.2, 0) is 32.6 Å². The molecule has 4 rings (SSSR count). The first-order chi connectivity index (χ1) is 20.7. The third-order valence-electron chi connectivity index (χ3n) is 7.16. The van der Waals surface area contributed by atoms with Gasteiger partial charge in [0.15, 0.2) is 11.5 Å². The maximum Gasteiger partial charge on any atom is 0.243 e. The van der Waals surface area contributed by atoms with E-state index >= 15 is 0 Å². The first-order valence-corrected chi connectivity index (χ1v) is 16.2. The molecule has 0 fully saturated rings. The summed E-state index contributed by atoms with van der Waals surface area (Å²) in [5, 5.41) is 2.97. The molecule has 1 aliphatic heterocycles. The van der Waals surface area contributed by atoms with E-state index in [1.54, 1.807) is 30.3 Å². The number of halogens is 1. The normalized spacial score (nSPS) is 12.9. The second-order valence-corrected chi connectivity index (χ2v) is 12.4. The number of ether oxygens (including phenoxy) is 2. The van der Waals surface area contributed by atoms with Gasteiger partial charge in [0.1, 0.15) is 11.9 Å². The summed E-state index contributed by atoms with van der Waals surface area (Å²) in [5.41, 5.74) is 1.97. The number of hydrogen-bond acceptors (Lipinski definition) is 6. The van der Waals surface area contributed by atoms with Gasteiger partial charge in [0.05, 0.1) is 11.9 Å². The van der Waals surface area contributed by atoms with Gasteiger partial charge < -0.3 is 19.7 Å². The van der Waals surface area contributed by atoms with Crippen LogP contribution in [0, 0.1) is 5.82 Å². The molecular weight excluding hydrogens is 573 g/mol. The minimum absolute atomic E-state index is 0.00863. The SMILES string of the molecule is CCCCNC(=O)[C@@H](Cc1ccccc1)N(Cc1ccc(F)cc1)C(=O)CCCN(c1ccc2c(c1)OCO2)S(C)(=O)=O. The van der Waals surface area contributed by atoms with Gasteiger partial charge in [-0.2, -0.15) is 0 Å². The number of nitrogens with zero attached hydrogens (tertiary/aromatic N) is 2. The van der Waals surface area contributed by atoms with Gasteiger partial charge in [0, 0.05) is 38.5 Å². The summed E-state index contributed by atoms with van der Waals surface area (Å²) in [7, 11) is -3.68. The van der Waals surface area contributed by atoms with Crippen molar-refractivity contribution < 1.29 is 31.9 Å². The fraction of sp³-hybridized carbons (Fsp3) is 0.375. The average molecular weight is 612 g/mol. The molecule has 0 unspecified atom stereocenters. The number of rotatable bonds is 15. The number of amides is 2. The van der Waals surface area contributed by atoms with Crippen LogP contribution in [0.1, 0.15) is 43.7 Å². The summed E-state index contributed by atoms with van der Waals surface area (Å²) in [6.07, 6.45) is 3.30. The number of fused-ring (bicyclic) bond motifs is 1. The van der Waals surface area contributed by atoms with Gasteiger partial charge in [-0.3, -0.25) is 13.9 Å². The van der Waals surface area contributed by atoms with E-state index in [-0.39, 0.29) is 44.5 Å². The summed E-state index contributed by atoms with van der Waals surface area (Å²) >= 11 is 0. The highest BCUT2D eigenvalue weighted by atomic mass is 32.2. The van der Waals surface area contributed by atoms with Crippen molar-refractivity contribution in [3.05, 3.63) is 89.7 Å². The maximum atomic E-state index is 13.9. The van der Waals surface area contributed by atoms with Crippen molar-refractivity contribution in [3.8, 4) is 11.5 Å². The lowest BCUT2D eigenvalue weighted by atomic mass is 10.0. The molecule has 0 bridgehead atoms. The molecule has 2 amide bonds. The van der Waals surface area contributed by atoms with Gasteiger partial charge in [-0.15, -0.1) is 0 Å². The number of benzene rings is 3. The zero-order valence-electron chi connectivity index (χ0n) is 24.5. The molecule has 1 heterocycles. The molecule has 0 aromatic heterocycles. The van der Waals surface area contributed by atoms with Gasteiger partial charge in [-0.05, 0) is 48.2 Å². The number of hydrogen-bond donors (Lipinski definition) is 1. The molecule has 0 saturated carbocycles. The van der Waals surface area contributed by atoms with E-state index < -0.39 is 21.9 Å². The van der Waals surface area contributed by atoms with E-state index in [0.717, 1.165) is 24.7 Å². The number of carbonyl (C=O) groups is 2. The Balaban J connectivity index is 1.56. The van der Waals surface area contributed by atoms with Crippen molar-refractivity contribution in [2.24, 2.45) is 0 Å². The molecule has 230 valence electrons. The second-order valence-electron chi connectivity index (χ2n) is 10.5. The van der Waals surface area contributed by atoms with Crippen molar-refractivity contribution in [2.45, 2.75) is 51.6 Å². The molecule has 11 heteroatoms. The van der Waals surface area contributed by atoms with Crippen LogP contribution in [0.15, 0.2) is 72.8 Å². The summed E-state index contributed by atoms with van der Waals surface area (Å²) in [5.74, 6) is 0.00102. The first-order valence-electron chi connectivity index (χ1n) is 14.4. The van der Waals surface area contributed by atoms with E-state index in [9.17, 15) is 22.4 Å². The smallest absolute Gasteiger partial charge is 0.243 e. The maximum absolute atomic E-state index is 13.9. The van der Waals surface area contributed by atoms with E-state index in [1.807, 2.05) is 37.3 Å². The van der Waals surface area contributed by atoms with Crippen molar-refractivity contribution in [2.75, 3.05) is 30.4 Å². The second kappa shape index (κ2) is 14.9. The molecule has 1 aliphatic rings. The fourth-order valence-electron chi connectivity index (χ4n) is 4.89. The molecule has 9 nitrogen and oxygen atoms in total. The quantitative estimate of drug-likeness (QED) is 0.251. The van der Waals surface area contributed by atoms with E-state index in [2.05, 4.69) is 5.32 Å². The molecule has 0 radical (unpaired) electrons. The number of sulfonamides is 1. The molecule has 0 spiro atoms. The number of anilines is 1. The van der Waals surface area contributed by atoms with Crippen LogP contribution in [0.2, 0.25) is 0 Å². The van der Waals surface area contributed by atoms with Gasteiger partial charge in [-0.1, -0.05) is 55.8 Å². The highest BCUT2D eigenvalue weighted by molar-refractivity contribution is 7.92. The minimum atomic E-state index is -3.68. The van der Waals surface area contributed by atoms with Crippen molar-refractivity contribution in [1.29, 1.82) is 0 Å². The third-order valence-corrected chi connectivity index (χ3v) is 8.36. The Hall–Kier alpha value is -4.12. The summed E-state index contributed by atoms with van der Waals surface area (Å²) in [6, 6.07) is 19.3. The zero-order chi connectivity index (χ0) is 30.8. The number of carbonyl (C=O) groups excluding carboxylic acids is 2. The zero-order valence-corrected chi connectivity index (χ0v) is 25.3. The Morgan fingerprint density at radius 1 is 0.953 bits per heavy atom. The standard InChI is InChI=1S/C32H38FN3O6S/c1-3-4-18-34-32(38)28(20-24-9-6-5-7-10-24)35(22-25-12-14-26(33)15-13-25)31(37)11-8-19-36(43(2,39)40)27-16-17-29-30(21-27)42-23-41-29/h5-7,9-10,12-17,21,28H,3-4,8,11,18-20,22-23H2,1-2H3,(H,34,38)/t28-/m1/s1. The molecular formula is C32H38FN3O6S. The molecule has 3 aromatic rings. The van der Waals surface area contributed by atoms with Crippen molar-refractivity contribution in [3.63, 3.8) is 0 Å². The minimum Gasteiger partial charge on any atom is -0.454 e. The third kappa shape index (κ3) is 8.93. The van der Waals surface area contributed by atoms with Crippen LogP contribution < -0.4 is 19.1 Å². The lowest BCUT2D eigenvalue weighted by Crippen LogP contribution is -2.50. The Morgan fingerprint density at radius 3 is 2.37 bits per heavy atom. The lowest BCUT2D eigenvalue weighted by Gasteiger charge is -2.32. The van der Waals surface area contributed by atoms with Crippen LogP contribution >= 0.6 is 0 Å². The number of nitrogens with one attached hydrogen (secondary N) is 1. The topological polar surface area (TPSA) is 105 Å². The molecule has 1 atom stereocenters. The highest BCUT2D eigenvalue weighted by Gasteiger charge is 2.30. The Morgan fingerprint density at radius 2 is 1.67 bits per heavy atom. The van der Waals surface area contributed by atoms with Gasteiger partial charge >= 0.3 is 0 Å². The summed E-state index contributed by atoms with van der Waals surface area (Å²) in [6.45, 7) is 2.71. The van der Waals surface area contributed by atoms with Crippen molar-refractivity contribution >= 4 is 27.5 Å². The van der Waals surface area contributed by atoms with Crippen molar-refractivity contribution in [1.82, 2.24) is 10.2 Å². The summed E-state index contributed by atoms with van der Waals surface area (Å²) < 4.78 is 51.1. The molecule has 0 aliphatic carbocycles. The fourth-order valence-corrected chi connectivity index (χ4v) is 5.85. The van der Waals surface area contributed by atoms with Gasteiger partial charge in [-0.25, -0.2) is 12.8 Å². The molecule has 43 heavy (non-hydrogen) atoms. The predicted octanol–water partition coefficient (Wildman–Crippen LogP) is 4.66. The monoisotopic (exact) mass is 611 g/mol. The Kier molecular flexibility index (Phi) is 11.0. The van der Waals surface area contributed by atoms with Gasteiger partial charge in [0.25, 0.3) is 0 Å². The van der Waals surface area contributed by atoms with Crippen LogP contribution in [0.25, 0.3) is 0 Å².